The van der Waals surface area contributed by atoms with Crippen LogP contribution in [-0.2, 0) is 0 Å². The fraction of sp³-hybridized carbons (Fsp3) is 0.667. The summed E-state index contributed by atoms with van der Waals surface area (Å²) in [6, 6.07) is 1.96. The summed E-state index contributed by atoms with van der Waals surface area (Å²) in [4.78, 5) is 20.6. The first-order valence-corrected chi connectivity index (χ1v) is 7.36. The number of carbonyl (C=O) groups is 1. The van der Waals surface area contributed by atoms with Gasteiger partial charge in [0.1, 0.15) is 5.69 Å². The third kappa shape index (κ3) is 4.47. The first-order valence-electron chi connectivity index (χ1n) is 7.36. The van der Waals surface area contributed by atoms with E-state index in [1.807, 2.05) is 20.8 Å². The van der Waals surface area contributed by atoms with Crippen LogP contribution in [0.25, 0.3) is 0 Å². The lowest BCUT2D eigenvalue weighted by molar-refractivity contribution is 0.0922. The van der Waals surface area contributed by atoms with Crippen molar-refractivity contribution in [1.29, 1.82) is 0 Å². The molecule has 2 N–H and O–H groups in total. The summed E-state index contributed by atoms with van der Waals surface area (Å²) in [5, 5.41) is 6.25. The molecule has 1 aromatic rings. The second-order valence-corrected chi connectivity index (χ2v) is 6.45. The molecule has 1 amide bonds. The Morgan fingerprint density at radius 1 is 1.25 bits per heavy atom. The lowest BCUT2D eigenvalue weighted by Crippen LogP contribution is -2.37. The predicted octanol–water partition coefficient (Wildman–Crippen LogP) is 2.75. The van der Waals surface area contributed by atoms with E-state index in [-0.39, 0.29) is 11.4 Å². The van der Waals surface area contributed by atoms with Crippen molar-refractivity contribution in [2.45, 2.75) is 64.5 Å². The number of aromatic nitrogens is 2. The van der Waals surface area contributed by atoms with Crippen molar-refractivity contribution in [2.75, 3.05) is 5.32 Å². The van der Waals surface area contributed by atoms with Gasteiger partial charge in [-0.2, -0.15) is 0 Å². The van der Waals surface area contributed by atoms with Gasteiger partial charge >= 0.3 is 0 Å². The Balaban J connectivity index is 2.00. The highest BCUT2D eigenvalue weighted by atomic mass is 16.1. The number of rotatable bonds is 3. The molecule has 1 fully saturated rings. The summed E-state index contributed by atoms with van der Waals surface area (Å²) in [5.41, 5.74) is 0.302. The molecule has 5 nitrogen and oxygen atoms in total. The predicted molar refractivity (Wildman–Crippen MR) is 79.7 cm³/mol. The van der Waals surface area contributed by atoms with Gasteiger partial charge in [0.05, 0.1) is 0 Å². The molecule has 1 aliphatic rings. The van der Waals surface area contributed by atoms with E-state index in [0.717, 1.165) is 12.8 Å². The molecule has 5 heteroatoms. The van der Waals surface area contributed by atoms with Gasteiger partial charge < -0.3 is 10.6 Å². The van der Waals surface area contributed by atoms with Gasteiger partial charge in [-0.1, -0.05) is 19.3 Å². The molecule has 1 saturated carbocycles. The number of nitrogens with zero attached hydrogens (tertiary/aromatic N) is 2. The number of nitrogens with one attached hydrogen (secondary N) is 2. The van der Waals surface area contributed by atoms with Crippen LogP contribution < -0.4 is 10.6 Å². The number of amides is 1. The van der Waals surface area contributed by atoms with Crippen LogP contribution in [0.3, 0.4) is 0 Å². The van der Waals surface area contributed by atoms with Gasteiger partial charge in [0.25, 0.3) is 5.91 Å². The molecule has 0 saturated heterocycles. The van der Waals surface area contributed by atoms with E-state index in [2.05, 4.69) is 20.6 Å². The lowest BCUT2D eigenvalue weighted by atomic mass is 9.95. The zero-order valence-electron chi connectivity index (χ0n) is 12.6. The van der Waals surface area contributed by atoms with Gasteiger partial charge in [0.2, 0.25) is 5.95 Å². The van der Waals surface area contributed by atoms with Crippen LogP contribution in [0.5, 0.6) is 0 Å². The standard InChI is InChI=1S/C15H24N4O/c1-15(2,3)19-14-16-10-9-12(18-14)13(20)17-11-7-5-4-6-8-11/h9-11H,4-8H2,1-3H3,(H,17,20)(H,16,18,19). The lowest BCUT2D eigenvalue weighted by Gasteiger charge is -2.23. The molecule has 0 spiro atoms. The SMILES string of the molecule is CC(C)(C)Nc1nccc(C(=O)NC2CCCCC2)n1. The van der Waals surface area contributed by atoms with Crippen molar-refractivity contribution in [3.05, 3.63) is 18.0 Å². The third-order valence-electron chi connectivity index (χ3n) is 3.32. The van der Waals surface area contributed by atoms with Gasteiger partial charge in [0, 0.05) is 17.8 Å². The van der Waals surface area contributed by atoms with E-state index >= 15 is 0 Å². The fourth-order valence-electron chi connectivity index (χ4n) is 2.39. The van der Waals surface area contributed by atoms with Crippen LogP contribution in [0.2, 0.25) is 0 Å². The summed E-state index contributed by atoms with van der Waals surface area (Å²) in [6.45, 7) is 6.10. The molecule has 20 heavy (non-hydrogen) atoms. The maximum absolute atomic E-state index is 12.2. The monoisotopic (exact) mass is 276 g/mol. The normalized spacial score (nSPS) is 16.8. The van der Waals surface area contributed by atoms with Crippen LogP contribution >= 0.6 is 0 Å². The van der Waals surface area contributed by atoms with Gasteiger partial charge in [-0.25, -0.2) is 9.97 Å². The van der Waals surface area contributed by atoms with E-state index in [4.69, 9.17) is 0 Å². The van der Waals surface area contributed by atoms with Crippen molar-refractivity contribution >= 4 is 11.9 Å². The smallest absolute Gasteiger partial charge is 0.270 e. The zero-order valence-corrected chi connectivity index (χ0v) is 12.6. The Hall–Kier alpha value is -1.65. The minimum atomic E-state index is -0.127. The molecular weight excluding hydrogens is 252 g/mol. The Morgan fingerprint density at radius 3 is 2.60 bits per heavy atom. The van der Waals surface area contributed by atoms with Crippen LogP contribution in [0.15, 0.2) is 12.3 Å². The van der Waals surface area contributed by atoms with Gasteiger partial charge in [-0.15, -0.1) is 0 Å². The van der Waals surface area contributed by atoms with Gasteiger partial charge in [0.15, 0.2) is 0 Å². The summed E-state index contributed by atoms with van der Waals surface area (Å²) < 4.78 is 0. The van der Waals surface area contributed by atoms with Gasteiger partial charge in [-0.05, 0) is 39.7 Å². The molecule has 0 aliphatic heterocycles. The average Bonchev–Trinajstić information content (AvgIpc) is 2.38. The highest BCUT2D eigenvalue weighted by Crippen LogP contribution is 2.18. The van der Waals surface area contributed by atoms with Crippen LogP contribution in [0, 0.1) is 0 Å². The number of hydrogen-bond acceptors (Lipinski definition) is 4. The third-order valence-corrected chi connectivity index (χ3v) is 3.32. The van der Waals surface area contributed by atoms with E-state index in [1.165, 1.54) is 19.3 Å². The second kappa shape index (κ2) is 6.20. The zero-order chi connectivity index (χ0) is 14.6. The molecule has 0 aromatic carbocycles. The highest BCUT2D eigenvalue weighted by molar-refractivity contribution is 5.92. The van der Waals surface area contributed by atoms with E-state index < -0.39 is 0 Å². The minimum absolute atomic E-state index is 0.101. The van der Waals surface area contributed by atoms with Crippen LogP contribution in [0.1, 0.15) is 63.4 Å². The molecular formula is C15H24N4O. The van der Waals surface area contributed by atoms with Crippen LogP contribution in [-0.4, -0.2) is 27.5 Å². The summed E-state index contributed by atoms with van der Waals surface area (Å²) in [6.07, 6.45) is 7.45. The molecule has 1 aromatic heterocycles. The first kappa shape index (κ1) is 14.8. The van der Waals surface area contributed by atoms with Gasteiger partial charge in [-0.3, -0.25) is 4.79 Å². The Labute approximate surface area is 120 Å². The van der Waals surface area contributed by atoms with Crippen molar-refractivity contribution in [1.82, 2.24) is 15.3 Å². The molecule has 110 valence electrons. The summed E-state index contributed by atoms with van der Waals surface area (Å²) in [5.74, 6) is 0.394. The second-order valence-electron chi connectivity index (χ2n) is 6.45. The quantitative estimate of drug-likeness (QED) is 0.891. The molecule has 1 aliphatic carbocycles. The summed E-state index contributed by atoms with van der Waals surface area (Å²) in [7, 11) is 0. The molecule has 1 heterocycles. The Kier molecular flexibility index (Phi) is 4.57. The highest BCUT2D eigenvalue weighted by Gasteiger charge is 2.18. The maximum Gasteiger partial charge on any atom is 0.270 e. The molecule has 2 rings (SSSR count). The number of hydrogen-bond donors (Lipinski definition) is 2. The van der Waals surface area contributed by atoms with Crippen LogP contribution in [0.4, 0.5) is 5.95 Å². The van der Waals surface area contributed by atoms with Crippen molar-refractivity contribution < 1.29 is 4.79 Å². The summed E-state index contributed by atoms with van der Waals surface area (Å²) >= 11 is 0. The molecule has 0 atom stereocenters. The molecule has 0 unspecified atom stereocenters. The Bertz CT molecular complexity index is 461. The number of anilines is 1. The first-order chi connectivity index (χ1) is 9.44. The van der Waals surface area contributed by atoms with Crippen molar-refractivity contribution in [3.63, 3.8) is 0 Å². The van der Waals surface area contributed by atoms with Crippen molar-refractivity contribution in [3.8, 4) is 0 Å². The average molecular weight is 276 g/mol. The topological polar surface area (TPSA) is 66.9 Å². The van der Waals surface area contributed by atoms with Crippen molar-refractivity contribution in [2.24, 2.45) is 0 Å². The van der Waals surface area contributed by atoms with E-state index in [9.17, 15) is 4.79 Å². The molecule has 0 bridgehead atoms. The van der Waals surface area contributed by atoms with E-state index in [1.54, 1.807) is 12.3 Å². The largest absolute Gasteiger partial charge is 0.350 e. The molecule has 0 radical (unpaired) electrons. The van der Waals surface area contributed by atoms with E-state index in [0.29, 0.717) is 17.7 Å². The Morgan fingerprint density at radius 2 is 1.95 bits per heavy atom. The maximum atomic E-state index is 12.2. The number of carbonyl (C=O) groups excluding carboxylic acids is 1. The minimum Gasteiger partial charge on any atom is -0.350 e. The fourth-order valence-corrected chi connectivity index (χ4v) is 2.39.